The molecule has 2 N–H and O–H groups in total. The average Bonchev–Trinajstić information content (AvgIpc) is 2.20. The summed E-state index contributed by atoms with van der Waals surface area (Å²) in [6, 6.07) is 0.689. The lowest BCUT2D eigenvalue weighted by Gasteiger charge is -2.42. The van der Waals surface area contributed by atoms with Crippen LogP contribution in [0.2, 0.25) is 0 Å². The highest BCUT2D eigenvalue weighted by Gasteiger charge is 2.26. The molecule has 1 atom stereocenters. The maximum Gasteiger partial charge on any atom is 0.0231 e. The molecule has 0 bridgehead atoms. The lowest BCUT2D eigenvalue weighted by atomic mass is 9.99. The summed E-state index contributed by atoms with van der Waals surface area (Å²) in [5.74, 6) is 0.946. The van der Waals surface area contributed by atoms with E-state index in [4.69, 9.17) is 5.73 Å². The number of rotatable bonds is 4. The molecule has 0 aliphatic carbocycles. The molecule has 0 amide bonds. The van der Waals surface area contributed by atoms with E-state index < -0.39 is 0 Å². The zero-order valence-corrected chi connectivity index (χ0v) is 9.99. The number of piperidine rings is 1. The summed E-state index contributed by atoms with van der Waals surface area (Å²) in [7, 11) is 0. The van der Waals surface area contributed by atoms with Crippen molar-refractivity contribution in [1.82, 2.24) is 9.80 Å². The molecule has 2 rings (SSSR count). The highest BCUT2D eigenvalue weighted by Crippen LogP contribution is 2.18. The molecular weight excluding hydrogens is 186 g/mol. The van der Waals surface area contributed by atoms with E-state index in [1.54, 1.807) is 0 Å². The van der Waals surface area contributed by atoms with Crippen molar-refractivity contribution in [3.8, 4) is 0 Å². The largest absolute Gasteiger partial charge is 0.329 e. The Morgan fingerprint density at radius 1 is 1.07 bits per heavy atom. The van der Waals surface area contributed by atoms with Crippen molar-refractivity contribution in [2.24, 2.45) is 11.7 Å². The molecular formula is C12H25N3. The molecule has 3 heteroatoms. The fourth-order valence-electron chi connectivity index (χ4n) is 2.61. The monoisotopic (exact) mass is 211 g/mol. The van der Waals surface area contributed by atoms with E-state index >= 15 is 0 Å². The molecule has 3 nitrogen and oxygen atoms in total. The number of hydrogen-bond donors (Lipinski definition) is 1. The standard InChI is InChI=1S/C12H25N3/c1-11-2-5-14(6-3-11)8-9-15-7-4-12(15)10-13/h11-12H,2-10,13H2,1H3. The van der Waals surface area contributed by atoms with Crippen LogP contribution >= 0.6 is 0 Å². The minimum atomic E-state index is 0.689. The highest BCUT2D eigenvalue weighted by atomic mass is 15.2. The fourth-order valence-corrected chi connectivity index (χ4v) is 2.61. The van der Waals surface area contributed by atoms with Gasteiger partial charge in [0.1, 0.15) is 0 Å². The van der Waals surface area contributed by atoms with Crippen molar-refractivity contribution >= 4 is 0 Å². The van der Waals surface area contributed by atoms with Crippen LogP contribution in [0.15, 0.2) is 0 Å². The second-order valence-electron chi connectivity index (χ2n) is 5.24. The third kappa shape index (κ3) is 2.92. The molecule has 2 heterocycles. The quantitative estimate of drug-likeness (QED) is 0.745. The van der Waals surface area contributed by atoms with Gasteiger partial charge in [-0.15, -0.1) is 0 Å². The Bertz CT molecular complexity index is 185. The normalized spacial score (nSPS) is 30.4. The SMILES string of the molecule is CC1CCN(CCN2CCC2CN)CC1. The van der Waals surface area contributed by atoms with Crippen molar-refractivity contribution in [1.29, 1.82) is 0 Å². The van der Waals surface area contributed by atoms with Crippen LogP contribution in [0.5, 0.6) is 0 Å². The summed E-state index contributed by atoms with van der Waals surface area (Å²) in [5.41, 5.74) is 5.70. The Kier molecular flexibility index (Phi) is 4.00. The molecule has 0 saturated carbocycles. The molecule has 0 spiro atoms. The molecule has 0 aromatic rings. The minimum absolute atomic E-state index is 0.689. The minimum Gasteiger partial charge on any atom is -0.329 e. The van der Waals surface area contributed by atoms with Crippen LogP contribution in [0, 0.1) is 5.92 Å². The summed E-state index contributed by atoms with van der Waals surface area (Å²) in [6.45, 7) is 9.59. The first-order valence-electron chi connectivity index (χ1n) is 6.46. The van der Waals surface area contributed by atoms with Gasteiger partial charge in [-0.1, -0.05) is 6.92 Å². The Morgan fingerprint density at radius 2 is 1.80 bits per heavy atom. The van der Waals surface area contributed by atoms with Crippen LogP contribution in [-0.4, -0.2) is 55.1 Å². The van der Waals surface area contributed by atoms with Crippen LogP contribution in [0.1, 0.15) is 26.2 Å². The predicted octanol–water partition coefficient (Wildman–Crippen LogP) is 0.751. The number of nitrogens with two attached hydrogens (primary N) is 1. The van der Waals surface area contributed by atoms with Gasteiger partial charge in [-0.05, 0) is 38.3 Å². The van der Waals surface area contributed by atoms with Gasteiger partial charge in [-0.3, -0.25) is 4.90 Å². The second-order valence-corrected chi connectivity index (χ2v) is 5.24. The van der Waals surface area contributed by atoms with Crippen LogP contribution < -0.4 is 5.73 Å². The van der Waals surface area contributed by atoms with Crippen molar-refractivity contribution in [2.45, 2.75) is 32.2 Å². The summed E-state index contributed by atoms with van der Waals surface area (Å²) in [4.78, 5) is 5.16. The number of likely N-dealkylation sites (tertiary alicyclic amines) is 2. The first-order chi connectivity index (χ1) is 7.29. The lowest BCUT2D eigenvalue weighted by Crippen LogP contribution is -2.54. The van der Waals surface area contributed by atoms with E-state index in [0.29, 0.717) is 6.04 Å². The van der Waals surface area contributed by atoms with E-state index in [-0.39, 0.29) is 0 Å². The molecule has 0 radical (unpaired) electrons. The maximum atomic E-state index is 5.70. The zero-order valence-electron chi connectivity index (χ0n) is 9.99. The molecule has 0 aromatic heterocycles. The summed E-state index contributed by atoms with van der Waals surface area (Å²) < 4.78 is 0. The Balaban J connectivity index is 1.61. The highest BCUT2D eigenvalue weighted by molar-refractivity contribution is 4.84. The van der Waals surface area contributed by atoms with E-state index in [0.717, 1.165) is 12.5 Å². The molecule has 2 aliphatic heterocycles. The Hall–Kier alpha value is -0.120. The van der Waals surface area contributed by atoms with E-state index in [1.165, 1.54) is 52.0 Å². The molecule has 15 heavy (non-hydrogen) atoms. The van der Waals surface area contributed by atoms with E-state index in [9.17, 15) is 0 Å². The van der Waals surface area contributed by atoms with Crippen molar-refractivity contribution in [2.75, 3.05) is 39.3 Å². The molecule has 2 saturated heterocycles. The topological polar surface area (TPSA) is 32.5 Å². The van der Waals surface area contributed by atoms with Crippen LogP contribution in [0.4, 0.5) is 0 Å². The van der Waals surface area contributed by atoms with E-state index in [2.05, 4.69) is 16.7 Å². The lowest BCUT2D eigenvalue weighted by molar-refractivity contribution is 0.0737. The third-order valence-electron chi connectivity index (χ3n) is 4.12. The zero-order chi connectivity index (χ0) is 10.7. The second kappa shape index (κ2) is 5.28. The van der Waals surface area contributed by atoms with Crippen LogP contribution in [-0.2, 0) is 0 Å². The van der Waals surface area contributed by atoms with Gasteiger partial charge in [0.15, 0.2) is 0 Å². The van der Waals surface area contributed by atoms with Crippen molar-refractivity contribution < 1.29 is 0 Å². The maximum absolute atomic E-state index is 5.70. The predicted molar refractivity (Wildman–Crippen MR) is 63.9 cm³/mol. The van der Waals surface area contributed by atoms with Gasteiger partial charge in [0, 0.05) is 32.2 Å². The fraction of sp³-hybridized carbons (Fsp3) is 1.00. The van der Waals surface area contributed by atoms with Gasteiger partial charge < -0.3 is 10.6 Å². The van der Waals surface area contributed by atoms with Gasteiger partial charge >= 0.3 is 0 Å². The van der Waals surface area contributed by atoms with Gasteiger partial charge in [0.25, 0.3) is 0 Å². The third-order valence-corrected chi connectivity index (χ3v) is 4.12. The summed E-state index contributed by atoms with van der Waals surface area (Å²) >= 11 is 0. The molecule has 88 valence electrons. The molecule has 2 aliphatic rings. The first-order valence-corrected chi connectivity index (χ1v) is 6.46. The molecule has 1 unspecified atom stereocenters. The van der Waals surface area contributed by atoms with Gasteiger partial charge in [0.2, 0.25) is 0 Å². The van der Waals surface area contributed by atoms with Crippen LogP contribution in [0.3, 0.4) is 0 Å². The Morgan fingerprint density at radius 3 is 2.33 bits per heavy atom. The van der Waals surface area contributed by atoms with Crippen molar-refractivity contribution in [3.05, 3.63) is 0 Å². The van der Waals surface area contributed by atoms with Gasteiger partial charge in [0.05, 0.1) is 0 Å². The average molecular weight is 211 g/mol. The first kappa shape index (κ1) is 11.4. The van der Waals surface area contributed by atoms with Gasteiger partial charge in [-0.25, -0.2) is 0 Å². The van der Waals surface area contributed by atoms with Crippen molar-refractivity contribution in [3.63, 3.8) is 0 Å². The number of hydrogen-bond acceptors (Lipinski definition) is 3. The number of nitrogens with zero attached hydrogens (tertiary/aromatic N) is 2. The van der Waals surface area contributed by atoms with Crippen LogP contribution in [0.25, 0.3) is 0 Å². The molecule has 0 aromatic carbocycles. The van der Waals surface area contributed by atoms with E-state index in [1.807, 2.05) is 0 Å². The van der Waals surface area contributed by atoms with Gasteiger partial charge in [-0.2, -0.15) is 0 Å². The summed E-state index contributed by atoms with van der Waals surface area (Å²) in [6.07, 6.45) is 4.09. The smallest absolute Gasteiger partial charge is 0.0231 e. The summed E-state index contributed by atoms with van der Waals surface area (Å²) in [5, 5.41) is 0. The molecule has 2 fully saturated rings. The Labute approximate surface area is 93.6 Å².